The molecule has 0 bridgehead atoms. The lowest BCUT2D eigenvalue weighted by Gasteiger charge is -2.13. The quantitative estimate of drug-likeness (QED) is 0.758. The Kier molecular flexibility index (Phi) is 4.65. The number of benzene rings is 2. The number of fused-ring (bicyclic) bond motifs is 1. The molecule has 0 aliphatic heterocycles. The van der Waals surface area contributed by atoms with Crippen LogP contribution in [0.5, 0.6) is 0 Å². The van der Waals surface area contributed by atoms with E-state index in [0.717, 1.165) is 9.13 Å². The van der Waals surface area contributed by atoms with Gasteiger partial charge in [-0.1, -0.05) is 23.7 Å². The average Bonchev–Trinajstić information content (AvgIpc) is 2.57. The van der Waals surface area contributed by atoms with E-state index in [9.17, 15) is 18.8 Å². The summed E-state index contributed by atoms with van der Waals surface area (Å²) in [6.07, 6.45) is 0. The van der Waals surface area contributed by atoms with Crippen LogP contribution in [0.1, 0.15) is 11.1 Å². The Labute approximate surface area is 151 Å². The molecule has 3 rings (SSSR count). The molecule has 0 radical (unpaired) electrons. The first-order chi connectivity index (χ1) is 12.3. The molecule has 0 aliphatic carbocycles. The van der Waals surface area contributed by atoms with E-state index >= 15 is 0 Å². The lowest BCUT2D eigenvalue weighted by atomic mass is 10.1. The number of rotatable bonds is 4. The van der Waals surface area contributed by atoms with Gasteiger partial charge >= 0.3 is 11.7 Å². The summed E-state index contributed by atoms with van der Waals surface area (Å²) in [5, 5.41) is 9.49. The predicted octanol–water partition coefficient (Wildman–Crippen LogP) is 2.40. The van der Waals surface area contributed by atoms with Gasteiger partial charge in [0, 0.05) is 10.6 Å². The molecule has 1 N–H and O–H groups in total. The standard InChI is InChI=1S/C18H14ClFN2O4/c1-10-2-3-11(14(20)6-10)8-22-17(25)13-5-4-12(19)7-15(13)21(18(22)26)9-16(23)24/h2-7H,8-9H2,1H3,(H,23,24). The molecular weight excluding hydrogens is 363 g/mol. The Morgan fingerprint density at radius 3 is 2.54 bits per heavy atom. The largest absolute Gasteiger partial charge is 0.480 e. The average molecular weight is 377 g/mol. The molecule has 0 amide bonds. The van der Waals surface area contributed by atoms with Crippen molar-refractivity contribution in [1.29, 1.82) is 0 Å². The van der Waals surface area contributed by atoms with Crippen molar-refractivity contribution in [3.8, 4) is 0 Å². The van der Waals surface area contributed by atoms with Crippen molar-refractivity contribution in [1.82, 2.24) is 9.13 Å². The number of nitrogens with zero attached hydrogens (tertiary/aromatic N) is 2. The molecule has 1 heterocycles. The van der Waals surface area contributed by atoms with E-state index in [2.05, 4.69) is 0 Å². The number of hydrogen-bond donors (Lipinski definition) is 1. The third-order valence-electron chi connectivity index (χ3n) is 4.02. The molecule has 6 nitrogen and oxygen atoms in total. The van der Waals surface area contributed by atoms with Crippen molar-refractivity contribution in [2.45, 2.75) is 20.0 Å². The van der Waals surface area contributed by atoms with E-state index in [1.54, 1.807) is 13.0 Å². The van der Waals surface area contributed by atoms with Gasteiger partial charge in [0.1, 0.15) is 12.4 Å². The van der Waals surface area contributed by atoms with Gasteiger partial charge in [-0.2, -0.15) is 0 Å². The van der Waals surface area contributed by atoms with Crippen LogP contribution in [0.4, 0.5) is 4.39 Å². The molecule has 3 aromatic rings. The lowest BCUT2D eigenvalue weighted by Crippen LogP contribution is -2.41. The molecule has 0 atom stereocenters. The van der Waals surface area contributed by atoms with Gasteiger partial charge in [0.2, 0.25) is 0 Å². The van der Waals surface area contributed by atoms with Crippen molar-refractivity contribution in [2.24, 2.45) is 0 Å². The number of carboxylic acids is 1. The van der Waals surface area contributed by atoms with E-state index < -0.39 is 29.6 Å². The van der Waals surface area contributed by atoms with Crippen molar-refractivity contribution in [3.63, 3.8) is 0 Å². The highest BCUT2D eigenvalue weighted by Crippen LogP contribution is 2.16. The maximum absolute atomic E-state index is 14.1. The number of carboxylic acid groups (broad SMARTS) is 1. The molecule has 0 spiro atoms. The number of aromatic nitrogens is 2. The van der Waals surface area contributed by atoms with Crippen LogP contribution in [0.15, 0.2) is 46.0 Å². The van der Waals surface area contributed by atoms with Gasteiger partial charge < -0.3 is 5.11 Å². The van der Waals surface area contributed by atoms with E-state index in [1.165, 1.54) is 30.3 Å². The monoisotopic (exact) mass is 376 g/mol. The number of hydrogen-bond acceptors (Lipinski definition) is 3. The molecule has 0 saturated heterocycles. The lowest BCUT2D eigenvalue weighted by molar-refractivity contribution is -0.137. The van der Waals surface area contributed by atoms with Crippen molar-refractivity contribution in [2.75, 3.05) is 0 Å². The Morgan fingerprint density at radius 2 is 1.88 bits per heavy atom. The molecule has 134 valence electrons. The fraction of sp³-hybridized carbons (Fsp3) is 0.167. The predicted molar refractivity (Wildman–Crippen MR) is 95.4 cm³/mol. The van der Waals surface area contributed by atoms with Crippen LogP contribution in [0.3, 0.4) is 0 Å². The zero-order valence-electron chi connectivity index (χ0n) is 13.7. The molecular formula is C18H14ClFN2O4. The summed E-state index contributed by atoms with van der Waals surface area (Å²) in [7, 11) is 0. The maximum Gasteiger partial charge on any atom is 0.332 e. The number of halogens is 2. The first-order valence-corrected chi connectivity index (χ1v) is 8.05. The van der Waals surface area contributed by atoms with Gasteiger partial charge in [-0.3, -0.25) is 18.7 Å². The van der Waals surface area contributed by atoms with Gasteiger partial charge in [0.15, 0.2) is 0 Å². The van der Waals surface area contributed by atoms with Crippen molar-refractivity contribution in [3.05, 3.63) is 79.2 Å². The first-order valence-electron chi connectivity index (χ1n) is 7.67. The molecule has 0 aliphatic rings. The van der Waals surface area contributed by atoms with E-state index in [-0.39, 0.29) is 28.0 Å². The smallest absolute Gasteiger partial charge is 0.332 e. The van der Waals surface area contributed by atoms with Gasteiger partial charge in [-0.05, 0) is 36.8 Å². The van der Waals surface area contributed by atoms with E-state index in [4.69, 9.17) is 16.7 Å². The van der Waals surface area contributed by atoms with Crippen LogP contribution in [-0.4, -0.2) is 20.2 Å². The number of aryl methyl sites for hydroxylation is 1. The van der Waals surface area contributed by atoms with Crippen LogP contribution < -0.4 is 11.2 Å². The Morgan fingerprint density at radius 1 is 1.15 bits per heavy atom. The molecule has 26 heavy (non-hydrogen) atoms. The maximum atomic E-state index is 14.1. The summed E-state index contributed by atoms with van der Waals surface area (Å²) < 4.78 is 15.9. The second kappa shape index (κ2) is 6.76. The Hall–Kier alpha value is -2.93. The normalized spacial score (nSPS) is 11.0. The summed E-state index contributed by atoms with van der Waals surface area (Å²) in [5.41, 5.74) is -0.494. The van der Waals surface area contributed by atoms with Gasteiger partial charge in [-0.25, -0.2) is 9.18 Å². The highest BCUT2D eigenvalue weighted by molar-refractivity contribution is 6.31. The number of aliphatic carboxylic acids is 1. The second-order valence-electron chi connectivity index (χ2n) is 5.91. The van der Waals surface area contributed by atoms with E-state index in [0.29, 0.717) is 5.56 Å². The summed E-state index contributed by atoms with van der Waals surface area (Å²) in [6.45, 7) is 0.771. The summed E-state index contributed by atoms with van der Waals surface area (Å²) in [4.78, 5) is 36.6. The summed E-state index contributed by atoms with van der Waals surface area (Å²) in [6, 6.07) is 8.71. The molecule has 0 unspecified atom stereocenters. The van der Waals surface area contributed by atoms with Crippen molar-refractivity contribution < 1.29 is 14.3 Å². The van der Waals surface area contributed by atoms with E-state index in [1.807, 2.05) is 0 Å². The second-order valence-corrected chi connectivity index (χ2v) is 6.35. The van der Waals surface area contributed by atoms with Crippen LogP contribution in [0.2, 0.25) is 5.02 Å². The minimum atomic E-state index is -1.25. The van der Waals surface area contributed by atoms with Gasteiger partial charge in [0.05, 0.1) is 17.4 Å². The minimum Gasteiger partial charge on any atom is -0.480 e. The zero-order valence-corrected chi connectivity index (χ0v) is 14.5. The van der Waals surface area contributed by atoms with Crippen LogP contribution >= 0.6 is 11.6 Å². The van der Waals surface area contributed by atoms with Crippen LogP contribution in [0, 0.1) is 12.7 Å². The third-order valence-corrected chi connectivity index (χ3v) is 4.25. The van der Waals surface area contributed by atoms with Crippen molar-refractivity contribution >= 4 is 28.5 Å². The van der Waals surface area contributed by atoms with Gasteiger partial charge in [-0.15, -0.1) is 0 Å². The number of carbonyl (C=O) groups is 1. The summed E-state index contributed by atoms with van der Waals surface area (Å²) >= 11 is 5.92. The molecule has 0 saturated carbocycles. The minimum absolute atomic E-state index is 0.121. The zero-order chi connectivity index (χ0) is 19.0. The van der Waals surface area contributed by atoms with Crippen LogP contribution in [0.25, 0.3) is 10.9 Å². The highest BCUT2D eigenvalue weighted by Gasteiger charge is 2.16. The highest BCUT2D eigenvalue weighted by atomic mass is 35.5. The molecule has 1 aromatic heterocycles. The topological polar surface area (TPSA) is 81.3 Å². The molecule has 2 aromatic carbocycles. The van der Waals surface area contributed by atoms with Crippen LogP contribution in [-0.2, 0) is 17.9 Å². The Bertz CT molecular complexity index is 1150. The Balaban J connectivity index is 2.28. The SMILES string of the molecule is Cc1ccc(Cn2c(=O)c3ccc(Cl)cc3n(CC(=O)O)c2=O)c(F)c1. The molecule has 8 heteroatoms. The first kappa shape index (κ1) is 17.9. The fourth-order valence-electron chi connectivity index (χ4n) is 2.77. The van der Waals surface area contributed by atoms with Gasteiger partial charge in [0.25, 0.3) is 5.56 Å². The molecule has 0 fully saturated rings. The fourth-order valence-corrected chi connectivity index (χ4v) is 2.93. The summed E-state index contributed by atoms with van der Waals surface area (Å²) in [5.74, 6) is -1.79. The third kappa shape index (κ3) is 3.25.